The lowest BCUT2D eigenvalue weighted by molar-refractivity contribution is -0.121. The lowest BCUT2D eigenvalue weighted by Crippen LogP contribution is -2.32. The predicted octanol–water partition coefficient (Wildman–Crippen LogP) is 3.22. The lowest BCUT2D eigenvalue weighted by Gasteiger charge is -2.13. The summed E-state index contributed by atoms with van der Waals surface area (Å²) in [6.45, 7) is 2.81. The molecule has 0 bridgehead atoms. The zero-order valence-electron chi connectivity index (χ0n) is 15.5. The number of hydrogen-bond acceptors (Lipinski definition) is 4. The Balaban J connectivity index is 1.37. The summed E-state index contributed by atoms with van der Waals surface area (Å²) in [7, 11) is 0. The van der Waals surface area contributed by atoms with Crippen LogP contribution in [0.25, 0.3) is 0 Å². The molecule has 3 rings (SSSR count). The highest BCUT2D eigenvalue weighted by molar-refractivity contribution is 6.30. The van der Waals surface area contributed by atoms with Crippen LogP contribution in [0, 0.1) is 6.92 Å². The van der Waals surface area contributed by atoms with Crippen molar-refractivity contribution in [1.82, 2.24) is 10.2 Å². The third-order valence-electron chi connectivity index (χ3n) is 4.42. The highest BCUT2D eigenvalue weighted by atomic mass is 35.5. The molecule has 0 spiro atoms. The number of benzene rings is 2. The normalized spacial score (nSPS) is 12.9. The molecule has 2 aromatic rings. The van der Waals surface area contributed by atoms with Gasteiger partial charge in [-0.05, 0) is 49.7 Å². The van der Waals surface area contributed by atoms with Crippen LogP contribution in [0.3, 0.4) is 0 Å². The molecule has 1 aliphatic heterocycles. The maximum atomic E-state index is 12.4. The minimum atomic E-state index is -0.295. The molecular formula is C21H21ClN2O4. The second kappa shape index (κ2) is 8.89. The molecule has 7 heteroatoms. The Labute approximate surface area is 168 Å². The lowest BCUT2D eigenvalue weighted by atomic mass is 10.1. The first-order valence-corrected chi connectivity index (χ1v) is 9.45. The van der Waals surface area contributed by atoms with Gasteiger partial charge < -0.3 is 10.1 Å². The summed E-state index contributed by atoms with van der Waals surface area (Å²) in [4.78, 5) is 37.9. The Kier molecular flexibility index (Phi) is 6.31. The van der Waals surface area contributed by atoms with Crippen molar-refractivity contribution in [3.8, 4) is 5.75 Å². The molecule has 0 radical (unpaired) electrons. The number of ether oxygens (including phenoxy) is 1. The Morgan fingerprint density at radius 2 is 1.79 bits per heavy atom. The van der Waals surface area contributed by atoms with Crippen molar-refractivity contribution in [3.05, 3.63) is 64.2 Å². The van der Waals surface area contributed by atoms with Gasteiger partial charge in [0, 0.05) is 18.0 Å². The van der Waals surface area contributed by atoms with Crippen molar-refractivity contribution in [2.24, 2.45) is 0 Å². The van der Waals surface area contributed by atoms with E-state index in [0.717, 1.165) is 5.56 Å². The van der Waals surface area contributed by atoms with Gasteiger partial charge in [-0.2, -0.15) is 0 Å². The van der Waals surface area contributed by atoms with Crippen LogP contribution in [0.15, 0.2) is 42.5 Å². The summed E-state index contributed by atoms with van der Waals surface area (Å²) in [6.07, 6.45) is 0.641. The minimum Gasteiger partial charge on any atom is -0.492 e. The molecule has 0 aliphatic carbocycles. The number of halogens is 1. The van der Waals surface area contributed by atoms with Crippen LogP contribution in [0.4, 0.5) is 0 Å². The van der Waals surface area contributed by atoms with Crippen LogP contribution in [0.2, 0.25) is 5.02 Å². The Morgan fingerprint density at radius 1 is 1.07 bits per heavy atom. The van der Waals surface area contributed by atoms with E-state index in [4.69, 9.17) is 16.3 Å². The molecule has 0 fully saturated rings. The zero-order chi connectivity index (χ0) is 20.1. The van der Waals surface area contributed by atoms with Crippen LogP contribution in [-0.2, 0) is 4.79 Å². The molecule has 0 unspecified atom stereocenters. The van der Waals surface area contributed by atoms with Gasteiger partial charge in [0.2, 0.25) is 5.91 Å². The number of imide groups is 1. The van der Waals surface area contributed by atoms with E-state index in [0.29, 0.717) is 41.5 Å². The quantitative estimate of drug-likeness (QED) is 0.545. The van der Waals surface area contributed by atoms with Crippen LogP contribution in [0.5, 0.6) is 5.75 Å². The van der Waals surface area contributed by atoms with E-state index >= 15 is 0 Å². The van der Waals surface area contributed by atoms with Crippen LogP contribution >= 0.6 is 11.6 Å². The summed E-state index contributed by atoms with van der Waals surface area (Å²) in [6, 6.07) is 12.2. The van der Waals surface area contributed by atoms with E-state index in [1.54, 1.807) is 36.4 Å². The van der Waals surface area contributed by atoms with E-state index in [-0.39, 0.29) is 30.7 Å². The third-order valence-corrected chi connectivity index (χ3v) is 4.67. The summed E-state index contributed by atoms with van der Waals surface area (Å²) < 4.78 is 5.50. The molecule has 28 heavy (non-hydrogen) atoms. The molecule has 0 aromatic heterocycles. The number of amides is 3. The summed E-state index contributed by atoms with van der Waals surface area (Å²) in [5, 5.41) is 3.39. The standard InChI is InChI=1S/C21H21ClN2O4/c1-14-4-9-17-18(13-14)21(27)24(20(17)26)11-2-3-19(25)23-10-12-28-16-7-5-15(22)6-8-16/h4-9,13H,2-3,10-12H2,1H3,(H,23,25). The maximum absolute atomic E-state index is 12.4. The van der Waals surface area contributed by atoms with Crippen molar-refractivity contribution in [2.45, 2.75) is 19.8 Å². The highest BCUT2D eigenvalue weighted by Gasteiger charge is 2.34. The summed E-state index contributed by atoms with van der Waals surface area (Å²) >= 11 is 5.80. The van der Waals surface area contributed by atoms with Gasteiger partial charge in [0.05, 0.1) is 17.7 Å². The van der Waals surface area contributed by atoms with Gasteiger partial charge in [0.1, 0.15) is 12.4 Å². The molecule has 3 amide bonds. The second-order valence-electron chi connectivity index (χ2n) is 6.57. The first-order valence-electron chi connectivity index (χ1n) is 9.07. The van der Waals surface area contributed by atoms with E-state index in [2.05, 4.69) is 5.32 Å². The Bertz CT molecular complexity index is 896. The largest absolute Gasteiger partial charge is 0.492 e. The molecule has 1 N–H and O–H groups in total. The summed E-state index contributed by atoms with van der Waals surface area (Å²) in [5.74, 6) is -0.0519. The van der Waals surface area contributed by atoms with Crippen molar-refractivity contribution in [3.63, 3.8) is 0 Å². The number of rotatable bonds is 8. The average molecular weight is 401 g/mol. The number of nitrogens with one attached hydrogen (secondary N) is 1. The average Bonchev–Trinajstić information content (AvgIpc) is 2.91. The SMILES string of the molecule is Cc1ccc2c(c1)C(=O)N(CCCC(=O)NCCOc1ccc(Cl)cc1)C2=O. The number of fused-ring (bicyclic) bond motifs is 1. The van der Waals surface area contributed by atoms with Crippen LogP contribution < -0.4 is 10.1 Å². The molecule has 6 nitrogen and oxygen atoms in total. The van der Waals surface area contributed by atoms with Crippen molar-refractivity contribution >= 4 is 29.3 Å². The monoisotopic (exact) mass is 400 g/mol. The van der Waals surface area contributed by atoms with E-state index in [1.165, 1.54) is 4.90 Å². The number of carbonyl (C=O) groups excluding carboxylic acids is 3. The minimum absolute atomic E-state index is 0.146. The van der Waals surface area contributed by atoms with Crippen molar-refractivity contribution < 1.29 is 19.1 Å². The summed E-state index contributed by atoms with van der Waals surface area (Å²) in [5.41, 5.74) is 1.80. The first-order chi connectivity index (χ1) is 13.5. The predicted molar refractivity (Wildman–Crippen MR) is 106 cm³/mol. The zero-order valence-corrected chi connectivity index (χ0v) is 16.3. The number of aryl methyl sites for hydroxylation is 1. The van der Waals surface area contributed by atoms with Crippen LogP contribution in [0.1, 0.15) is 39.1 Å². The van der Waals surface area contributed by atoms with Gasteiger partial charge in [-0.25, -0.2) is 0 Å². The molecule has 1 heterocycles. The van der Waals surface area contributed by atoms with Gasteiger partial charge in [-0.15, -0.1) is 0 Å². The van der Waals surface area contributed by atoms with Gasteiger partial charge in [0.25, 0.3) is 11.8 Å². The fourth-order valence-electron chi connectivity index (χ4n) is 2.98. The molecule has 146 valence electrons. The van der Waals surface area contributed by atoms with Gasteiger partial charge in [0.15, 0.2) is 0 Å². The second-order valence-corrected chi connectivity index (χ2v) is 7.00. The fraction of sp³-hybridized carbons (Fsp3) is 0.286. The number of carbonyl (C=O) groups is 3. The molecule has 0 saturated carbocycles. The fourth-order valence-corrected chi connectivity index (χ4v) is 3.11. The van der Waals surface area contributed by atoms with Crippen molar-refractivity contribution in [1.29, 1.82) is 0 Å². The van der Waals surface area contributed by atoms with Crippen molar-refractivity contribution in [2.75, 3.05) is 19.7 Å². The van der Waals surface area contributed by atoms with E-state index in [9.17, 15) is 14.4 Å². The molecular weight excluding hydrogens is 380 g/mol. The van der Waals surface area contributed by atoms with Gasteiger partial charge >= 0.3 is 0 Å². The highest BCUT2D eigenvalue weighted by Crippen LogP contribution is 2.24. The van der Waals surface area contributed by atoms with Gasteiger partial charge in [-0.1, -0.05) is 23.2 Å². The Hall–Kier alpha value is -2.86. The third kappa shape index (κ3) is 4.70. The number of nitrogens with zero attached hydrogens (tertiary/aromatic N) is 1. The first kappa shape index (κ1) is 19.9. The molecule has 2 aromatic carbocycles. The topological polar surface area (TPSA) is 75.7 Å². The van der Waals surface area contributed by atoms with Crippen LogP contribution in [-0.4, -0.2) is 42.3 Å². The number of hydrogen-bond donors (Lipinski definition) is 1. The van der Waals surface area contributed by atoms with Gasteiger partial charge in [-0.3, -0.25) is 19.3 Å². The smallest absolute Gasteiger partial charge is 0.261 e. The Morgan fingerprint density at radius 3 is 2.54 bits per heavy atom. The maximum Gasteiger partial charge on any atom is 0.261 e. The molecule has 1 aliphatic rings. The molecule has 0 atom stereocenters. The molecule has 0 saturated heterocycles. The van der Waals surface area contributed by atoms with E-state index < -0.39 is 0 Å². The van der Waals surface area contributed by atoms with E-state index in [1.807, 2.05) is 13.0 Å².